The maximum absolute atomic E-state index is 13.3. The van der Waals surface area contributed by atoms with Crippen LogP contribution in [0.5, 0.6) is 0 Å². The van der Waals surface area contributed by atoms with Crippen molar-refractivity contribution in [2.75, 3.05) is 31.1 Å². The highest BCUT2D eigenvalue weighted by atomic mass is 32.1. The van der Waals surface area contributed by atoms with Gasteiger partial charge in [-0.1, -0.05) is 49.4 Å². The molecule has 0 aliphatic heterocycles. The van der Waals surface area contributed by atoms with Gasteiger partial charge in [0.05, 0.1) is 15.7 Å². The molecular formula is C22H24N4O3S. The van der Waals surface area contributed by atoms with E-state index in [1.165, 1.54) is 15.9 Å². The SMILES string of the molecule is CCN(CC)CCN(C(=O)Cn1c(=O)oc2ccccc21)c1nc2ccccc2s1. The molecule has 156 valence electrons. The van der Waals surface area contributed by atoms with Crippen LogP contribution in [0.25, 0.3) is 21.3 Å². The number of rotatable bonds is 8. The molecule has 0 unspecified atom stereocenters. The third kappa shape index (κ3) is 4.01. The number of anilines is 1. The van der Waals surface area contributed by atoms with Crippen LogP contribution in [-0.4, -0.2) is 46.5 Å². The largest absolute Gasteiger partial charge is 0.420 e. The molecule has 0 saturated carbocycles. The van der Waals surface area contributed by atoms with Gasteiger partial charge >= 0.3 is 5.76 Å². The van der Waals surface area contributed by atoms with Gasteiger partial charge in [-0.25, -0.2) is 9.78 Å². The van der Waals surface area contributed by atoms with E-state index >= 15 is 0 Å². The number of benzene rings is 2. The summed E-state index contributed by atoms with van der Waals surface area (Å²) in [6, 6.07) is 15.0. The average molecular weight is 425 g/mol. The Balaban J connectivity index is 1.66. The Morgan fingerprint density at radius 2 is 1.80 bits per heavy atom. The van der Waals surface area contributed by atoms with Gasteiger partial charge in [0.25, 0.3) is 0 Å². The fraction of sp³-hybridized carbons (Fsp3) is 0.318. The first-order chi connectivity index (χ1) is 14.6. The van der Waals surface area contributed by atoms with E-state index in [-0.39, 0.29) is 12.5 Å². The molecule has 0 saturated heterocycles. The molecule has 7 nitrogen and oxygen atoms in total. The van der Waals surface area contributed by atoms with Gasteiger partial charge in [0, 0.05) is 13.1 Å². The van der Waals surface area contributed by atoms with Gasteiger partial charge in [0.15, 0.2) is 10.7 Å². The Hall–Kier alpha value is -2.97. The van der Waals surface area contributed by atoms with Crippen LogP contribution >= 0.6 is 11.3 Å². The molecule has 1 amide bonds. The van der Waals surface area contributed by atoms with Gasteiger partial charge in [0.2, 0.25) is 5.91 Å². The lowest BCUT2D eigenvalue weighted by Gasteiger charge is -2.24. The molecule has 2 aromatic carbocycles. The number of amides is 1. The predicted molar refractivity (Wildman–Crippen MR) is 120 cm³/mol. The molecule has 0 radical (unpaired) electrons. The number of nitrogens with zero attached hydrogens (tertiary/aromatic N) is 4. The summed E-state index contributed by atoms with van der Waals surface area (Å²) in [6.07, 6.45) is 0. The number of para-hydroxylation sites is 3. The molecule has 0 aliphatic rings. The van der Waals surface area contributed by atoms with E-state index in [1.807, 2.05) is 30.3 Å². The molecule has 4 rings (SSSR count). The quantitative estimate of drug-likeness (QED) is 0.432. The van der Waals surface area contributed by atoms with Gasteiger partial charge < -0.3 is 9.32 Å². The van der Waals surface area contributed by atoms with Crippen molar-refractivity contribution in [3.63, 3.8) is 0 Å². The van der Waals surface area contributed by atoms with Crippen molar-refractivity contribution in [3.05, 3.63) is 59.1 Å². The zero-order valence-corrected chi connectivity index (χ0v) is 17.9. The van der Waals surface area contributed by atoms with E-state index in [4.69, 9.17) is 4.42 Å². The molecule has 0 fully saturated rings. The van der Waals surface area contributed by atoms with Gasteiger partial charge in [-0.15, -0.1) is 0 Å². The lowest BCUT2D eigenvalue weighted by Crippen LogP contribution is -2.41. The second-order valence-corrected chi connectivity index (χ2v) is 7.97. The maximum Gasteiger partial charge on any atom is 0.420 e. The molecule has 4 aromatic rings. The summed E-state index contributed by atoms with van der Waals surface area (Å²) in [6.45, 7) is 7.16. The van der Waals surface area contributed by atoms with Gasteiger partial charge in [-0.3, -0.25) is 14.3 Å². The normalized spacial score (nSPS) is 11.6. The molecule has 0 N–H and O–H groups in total. The first-order valence-corrected chi connectivity index (χ1v) is 10.9. The van der Waals surface area contributed by atoms with Gasteiger partial charge in [-0.05, 0) is 37.4 Å². The maximum atomic E-state index is 13.3. The number of thiazole rings is 1. The highest BCUT2D eigenvalue weighted by Crippen LogP contribution is 2.29. The summed E-state index contributed by atoms with van der Waals surface area (Å²) in [5.74, 6) is -0.715. The number of likely N-dealkylation sites (N-methyl/N-ethyl adjacent to an activating group) is 1. The topological polar surface area (TPSA) is 71.6 Å². The van der Waals surface area contributed by atoms with Gasteiger partial charge in [-0.2, -0.15) is 0 Å². The molecule has 2 heterocycles. The van der Waals surface area contributed by atoms with Crippen molar-refractivity contribution in [1.82, 2.24) is 14.5 Å². The highest BCUT2D eigenvalue weighted by molar-refractivity contribution is 7.22. The lowest BCUT2D eigenvalue weighted by molar-refractivity contribution is -0.119. The molecule has 2 aromatic heterocycles. The lowest BCUT2D eigenvalue weighted by atomic mass is 10.3. The van der Waals surface area contributed by atoms with E-state index in [9.17, 15) is 9.59 Å². The fourth-order valence-electron chi connectivity index (χ4n) is 3.47. The Morgan fingerprint density at radius 3 is 2.57 bits per heavy atom. The van der Waals surface area contributed by atoms with Crippen molar-refractivity contribution in [1.29, 1.82) is 0 Å². The number of aromatic nitrogens is 2. The first-order valence-electron chi connectivity index (χ1n) is 10.1. The molecule has 0 bridgehead atoms. The monoisotopic (exact) mass is 424 g/mol. The van der Waals surface area contributed by atoms with Crippen LogP contribution in [0.2, 0.25) is 0 Å². The molecular weight excluding hydrogens is 400 g/mol. The van der Waals surface area contributed by atoms with Crippen LogP contribution in [0.15, 0.2) is 57.7 Å². The van der Waals surface area contributed by atoms with Crippen molar-refractivity contribution in [2.45, 2.75) is 20.4 Å². The number of hydrogen-bond acceptors (Lipinski definition) is 6. The minimum atomic E-state index is -0.530. The molecule has 0 aliphatic carbocycles. The molecule has 8 heteroatoms. The predicted octanol–water partition coefficient (Wildman–Crippen LogP) is 3.58. The number of carbonyl (C=O) groups excluding carboxylic acids is 1. The second-order valence-electron chi connectivity index (χ2n) is 6.96. The van der Waals surface area contributed by atoms with E-state index in [1.54, 1.807) is 23.1 Å². The minimum absolute atomic E-state index is 0.0932. The Bertz CT molecular complexity index is 1190. The van der Waals surface area contributed by atoms with Crippen molar-refractivity contribution in [3.8, 4) is 0 Å². The van der Waals surface area contributed by atoms with Crippen molar-refractivity contribution >= 4 is 43.7 Å². The van der Waals surface area contributed by atoms with Crippen molar-refractivity contribution < 1.29 is 9.21 Å². The number of carbonyl (C=O) groups is 1. The number of hydrogen-bond donors (Lipinski definition) is 0. The number of oxazole rings is 1. The molecule has 0 spiro atoms. The smallest absolute Gasteiger partial charge is 0.408 e. The van der Waals surface area contributed by atoms with E-state index in [2.05, 4.69) is 23.7 Å². The zero-order valence-electron chi connectivity index (χ0n) is 17.1. The fourth-order valence-corrected chi connectivity index (χ4v) is 4.48. The van der Waals surface area contributed by atoms with Crippen LogP contribution in [0, 0.1) is 0 Å². The Morgan fingerprint density at radius 1 is 1.07 bits per heavy atom. The third-order valence-corrected chi connectivity index (χ3v) is 6.28. The standard InChI is InChI=1S/C22H24N4O3S/c1-3-24(4-2)13-14-25(21-23-16-9-5-8-12-19(16)30-21)20(27)15-26-17-10-6-7-11-18(17)29-22(26)28/h5-12H,3-4,13-15H2,1-2H3. The first kappa shape index (κ1) is 20.3. The highest BCUT2D eigenvalue weighted by Gasteiger charge is 2.22. The summed E-state index contributed by atoms with van der Waals surface area (Å²) >= 11 is 1.49. The molecule has 0 atom stereocenters. The minimum Gasteiger partial charge on any atom is -0.408 e. The summed E-state index contributed by atoms with van der Waals surface area (Å²) in [4.78, 5) is 34.3. The second kappa shape index (κ2) is 8.81. The van der Waals surface area contributed by atoms with E-state index < -0.39 is 5.76 Å². The summed E-state index contributed by atoms with van der Waals surface area (Å²) in [5.41, 5.74) is 1.96. The molecule has 30 heavy (non-hydrogen) atoms. The van der Waals surface area contributed by atoms with Crippen LogP contribution in [0.1, 0.15) is 13.8 Å². The van der Waals surface area contributed by atoms with Crippen LogP contribution in [-0.2, 0) is 11.3 Å². The summed E-state index contributed by atoms with van der Waals surface area (Å²) in [7, 11) is 0. The van der Waals surface area contributed by atoms with E-state index in [0.29, 0.717) is 22.8 Å². The van der Waals surface area contributed by atoms with Crippen LogP contribution < -0.4 is 10.7 Å². The van der Waals surface area contributed by atoms with Crippen molar-refractivity contribution in [2.24, 2.45) is 0 Å². The van der Waals surface area contributed by atoms with Crippen LogP contribution in [0.4, 0.5) is 5.13 Å². The van der Waals surface area contributed by atoms with Crippen LogP contribution in [0.3, 0.4) is 0 Å². The van der Waals surface area contributed by atoms with E-state index in [0.717, 1.165) is 29.9 Å². The average Bonchev–Trinajstić information content (AvgIpc) is 3.32. The Labute approximate surface area is 178 Å². The third-order valence-electron chi connectivity index (χ3n) is 5.22. The summed E-state index contributed by atoms with van der Waals surface area (Å²) in [5, 5.41) is 0.647. The Kier molecular flexibility index (Phi) is 5.96. The summed E-state index contributed by atoms with van der Waals surface area (Å²) < 4.78 is 7.69. The number of fused-ring (bicyclic) bond motifs is 2. The van der Waals surface area contributed by atoms with Gasteiger partial charge in [0.1, 0.15) is 6.54 Å². The zero-order chi connectivity index (χ0) is 21.1.